The number of carbonyl (C=O) groups excluding carboxylic acids is 1. The lowest BCUT2D eigenvalue weighted by Crippen LogP contribution is -2.66. The van der Waals surface area contributed by atoms with Gasteiger partial charge in [0.25, 0.3) is 0 Å². The summed E-state index contributed by atoms with van der Waals surface area (Å²) in [6.45, 7) is 18.3. The van der Waals surface area contributed by atoms with Crippen LogP contribution in [0.25, 0.3) is 0 Å². The molecule has 5 nitrogen and oxygen atoms in total. The first-order valence-electron chi connectivity index (χ1n) is 17.3. The summed E-state index contributed by atoms with van der Waals surface area (Å²) in [7, 11) is 1.76. The average molecular weight is 631 g/mol. The van der Waals surface area contributed by atoms with Crippen LogP contribution in [0, 0.1) is 45.3 Å². The highest BCUT2D eigenvalue weighted by Gasteiger charge is 2.71. The number of rotatable bonds is 8. The lowest BCUT2D eigenvalue weighted by Gasteiger charge is -2.70. The lowest BCUT2D eigenvalue weighted by molar-refractivity contribution is -0.246. The van der Waals surface area contributed by atoms with Gasteiger partial charge in [0.2, 0.25) is 0 Å². The normalized spacial score (nSPS) is 41.2. The van der Waals surface area contributed by atoms with Gasteiger partial charge in [-0.15, -0.1) is 0 Å². The van der Waals surface area contributed by atoms with Gasteiger partial charge in [-0.1, -0.05) is 58.4 Å². The minimum atomic E-state index is -0.816. The number of aliphatic hydroxyl groups excluding tert-OH is 1. The Labute approximate surface area is 271 Å². The second-order valence-electron chi connectivity index (χ2n) is 17.4. The van der Waals surface area contributed by atoms with Crippen LogP contribution in [0.5, 0.6) is 0 Å². The van der Waals surface area contributed by atoms with Gasteiger partial charge in [0, 0.05) is 12.5 Å². The Bertz CT molecular complexity index is 1230. The fraction of sp³-hybridized carbons (Fsp3) is 0.816. The molecule has 0 aromatic heterocycles. The molecule has 4 aliphatic rings. The second-order valence-corrected chi connectivity index (χ2v) is 17.8. The molecule has 2 N–H and O–H groups in total. The highest BCUT2D eigenvalue weighted by atomic mass is 35.5. The van der Waals surface area contributed by atoms with E-state index in [0.29, 0.717) is 22.4 Å². The van der Waals surface area contributed by atoms with Gasteiger partial charge in [0.1, 0.15) is 6.10 Å². The topological polar surface area (TPSA) is 76.0 Å². The Kier molecular flexibility index (Phi) is 8.96. The summed E-state index contributed by atoms with van der Waals surface area (Å²) in [6.07, 6.45) is 8.70. The highest BCUT2D eigenvalue weighted by Crippen LogP contribution is 2.76. The predicted octanol–water partition coefficient (Wildman–Crippen LogP) is 8.87. The maximum atomic E-state index is 13.2. The zero-order chi connectivity index (χ0) is 32.5. The van der Waals surface area contributed by atoms with E-state index in [2.05, 4.69) is 48.5 Å². The molecule has 248 valence electrons. The molecule has 6 heteroatoms. The van der Waals surface area contributed by atoms with Crippen molar-refractivity contribution in [3.63, 3.8) is 0 Å². The SMILES string of the molecule is COC(C)(C)CCC[C@@](C)(O)[C@H]1CC[C@]2(C)[C@@H]1[C@H](O)C[C@@H]1[C@@]3(C)CC[C@H](OC(=O)c4ccccc4Cl)C(C)(C)[C@@H]3CC[C@]12C. The van der Waals surface area contributed by atoms with Gasteiger partial charge in [-0.3, -0.25) is 0 Å². The number of hydrogen-bond donors (Lipinski definition) is 2. The summed E-state index contributed by atoms with van der Waals surface area (Å²) >= 11 is 6.35. The third kappa shape index (κ3) is 5.38. The van der Waals surface area contributed by atoms with Crippen LogP contribution >= 0.6 is 11.6 Å². The van der Waals surface area contributed by atoms with E-state index in [4.69, 9.17) is 21.1 Å². The van der Waals surface area contributed by atoms with Crippen LogP contribution in [0.15, 0.2) is 24.3 Å². The van der Waals surface area contributed by atoms with Crippen molar-refractivity contribution in [2.75, 3.05) is 7.11 Å². The first-order chi connectivity index (χ1) is 20.3. The zero-order valence-corrected chi connectivity index (χ0v) is 29.6. The summed E-state index contributed by atoms with van der Waals surface area (Å²) in [5, 5.41) is 24.4. The molecule has 0 aliphatic heterocycles. The monoisotopic (exact) mass is 630 g/mol. The minimum absolute atomic E-state index is 0.0328. The van der Waals surface area contributed by atoms with Crippen molar-refractivity contribution in [3.05, 3.63) is 34.9 Å². The fourth-order valence-electron chi connectivity index (χ4n) is 11.6. The van der Waals surface area contributed by atoms with Gasteiger partial charge in [0.15, 0.2) is 0 Å². The van der Waals surface area contributed by atoms with Crippen molar-refractivity contribution < 1.29 is 24.5 Å². The fourth-order valence-corrected chi connectivity index (χ4v) is 11.8. The standard InChI is InChI=1S/C38H59ClO5/c1-33(2,43-9)18-12-19-38(8,42)25-15-21-37(7)31(25)27(40)23-29-35(5)20-17-30(34(3,4)28(35)16-22-36(29,37)6)44-32(41)24-13-10-11-14-26(24)39/h10-11,13-14,25,27-31,40,42H,12,15-23H2,1-9H3/t25-,27+,28-,29+,30-,31-,35-,36+,37+,38+/m0/s1. The maximum Gasteiger partial charge on any atom is 0.339 e. The third-order valence-corrected chi connectivity index (χ3v) is 14.8. The van der Waals surface area contributed by atoms with Crippen molar-refractivity contribution in [3.8, 4) is 0 Å². The first-order valence-corrected chi connectivity index (χ1v) is 17.6. The summed E-state index contributed by atoms with van der Waals surface area (Å²) in [5.74, 6) is 0.595. The van der Waals surface area contributed by atoms with E-state index in [-0.39, 0.29) is 51.2 Å². The van der Waals surface area contributed by atoms with Gasteiger partial charge in [-0.25, -0.2) is 4.79 Å². The van der Waals surface area contributed by atoms with Crippen molar-refractivity contribution in [1.82, 2.24) is 0 Å². The summed E-state index contributed by atoms with van der Waals surface area (Å²) in [6, 6.07) is 7.13. The number of halogens is 1. The van der Waals surface area contributed by atoms with Crippen molar-refractivity contribution in [2.24, 2.45) is 45.3 Å². The van der Waals surface area contributed by atoms with E-state index in [9.17, 15) is 15.0 Å². The second kappa shape index (κ2) is 11.5. The molecular formula is C38H59ClO5. The Balaban J connectivity index is 1.36. The van der Waals surface area contributed by atoms with Crippen LogP contribution in [-0.4, -0.2) is 46.7 Å². The van der Waals surface area contributed by atoms with Crippen LogP contribution in [0.1, 0.15) is 130 Å². The number of carbonyl (C=O) groups is 1. The van der Waals surface area contributed by atoms with E-state index in [1.807, 2.05) is 19.1 Å². The maximum absolute atomic E-state index is 13.2. The number of aliphatic hydroxyl groups is 2. The van der Waals surface area contributed by atoms with E-state index in [0.717, 1.165) is 64.2 Å². The quantitative estimate of drug-likeness (QED) is 0.281. The minimum Gasteiger partial charge on any atom is -0.458 e. The van der Waals surface area contributed by atoms with Crippen LogP contribution in [-0.2, 0) is 9.47 Å². The van der Waals surface area contributed by atoms with Crippen molar-refractivity contribution in [2.45, 2.75) is 143 Å². The average Bonchev–Trinajstić information content (AvgIpc) is 3.32. The molecule has 10 atom stereocenters. The van der Waals surface area contributed by atoms with Gasteiger partial charge >= 0.3 is 5.97 Å². The number of ether oxygens (including phenoxy) is 2. The number of esters is 1. The third-order valence-electron chi connectivity index (χ3n) is 14.5. The number of hydrogen-bond acceptors (Lipinski definition) is 5. The van der Waals surface area contributed by atoms with Gasteiger partial charge in [-0.05, 0) is 137 Å². The van der Waals surface area contributed by atoms with Crippen LogP contribution in [0.3, 0.4) is 0 Å². The molecule has 44 heavy (non-hydrogen) atoms. The molecule has 5 rings (SSSR count). The lowest BCUT2D eigenvalue weighted by atomic mass is 9.35. The molecule has 0 amide bonds. The van der Waals surface area contributed by atoms with E-state index in [1.54, 1.807) is 19.2 Å². The van der Waals surface area contributed by atoms with Gasteiger partial charge in [-0.2, -0.15) is 0 Å². The van der Waals surface area contributed by atoms with Crippen LogP contribution < -0.4 is 0 Å². The predicted molar refractivity (Wildman–Crippen MR) is 177 cm³/mol. The molecular weight excluding hydrogens is 572 g/mol. The van der Waals surface area contributed by atoms with E-state index in [1.165, 1.54) is 0 Å². The zero-order valence-electron chi connectivity index (χ0n) is 28.8. The Hall–Kier alpha value is -1.14. The number of benzene rings is 1. The van der Waals surface area contributed by atoms with E-state index >= 15 is 0 Å². The highest BCUT2D eigenvalue weighted by molar-refractivity contribution is 6.33. The largest absolute Gasteiger partial charge is 0.458 e. The molecule has 1 aromatic carbocycles. The molecule has 4 saturated carbocycles. The Morgan fingerprint density at radius 2 is 1.61 bits per heavy atom. The summed E-state index contributed by atoms with van der Waals surface area (Å²) < 4.78 is 11.9. The molecule has 4 fully saturated rings. The Morgan fingerprint density at radius 3 is 2.27 bits per heavy atom. The molecule has 0 radical (unpaired) electrons. The molecule has 0 heterocycles. The molecule has 0 unspecified atom stereocenters. The Morgan fingerprint density at radius 1 is 0.955 bits per heavy atom. The molecule has 0 spiro atoms. The summed E-state index contributed by atoms with van der Waals surface area (Å²) in [5.41, 5.74) is -0.722. The van der Waals surface area contributed by atoms with Crippen molar-refractivity contribution >= 4 is 17.6 Å². The first kappa shape index (κ1) is 34.2. The smallest absolute Gasteiger partial charge is 0.339 e. The molecule has 4 aliphatic carbocycles. The van der Waals surface area contributed by atoms with Crippen LogP contribution in [0.2, 0.25) is 5.02 Å². The number of methoxy groups -OCH3 is 1. The number of fused-ring (bicyclic) bond motifs is 5. The van der Waals surface area contributed by atoms with Gasteiger partial charge in [0.05, 0.1) is 27.9 Å². The van der Waals surface area contributed by atoms with Gasteiger partial charge < -0.3 is 19.7 Å². The van der Waals surface area contributed by atoms with E-state index < -0.39 is 11.7 Å². The van der Waals surface area contributed by atoms with Crippen molar-refractivity contribution in [1.29, 1.82) is 0 Å². The summed E-state index contributed by atoms with van der Waals surface area (Å²) in [4.78, 5) is 13.2. The molecule has 0 bridgehead atoms. The molecule has 1 aromatic rings. The molecule has 0 saturated heterocycles. The van der Waals surface area contributed by atoms with Crippen LogP contribution in [0.4, 0.5) is 0 Å².